The second-order valence-corrected chi connectivity index (χ2v) is 6.18. The van der Waals surface area contributed by atoms with Crippen molar-refractivity contribution < 1.29 is 9.59 Å². The number of halogens is 2. The lowest BCUT2D eigenvalue weighted by atomic mass is 10.1. The van der Waals surface area contributed by atoms with Gasteiger partial charge in [-0.3, -0.25) is 14.0 Å². The molecule has 0 bridgehead atoms. The van der Waals surface area contributed by atoms with Gasteiger partial charge < -0.3 is 5.32 Å². The Labute approximate surface area is 148 Å². The molecule has 122 valence electrons. The van der Waals surface area contributed by atoms with Crippen LogP contribution in [0.4, 0.5) is 5.69 Å². The number of nitrogens with zero attached hydrogens (tertiary/aromatic N) is 2. The van der Waals surface area contributed by atoms with Crippen molar-refractivity contribution in [3.63, 3.8) is 0 Å². The molecule has 1 aromatic carbocycles. The van der Waals surface area contributed by atoms with Gasteiger partial charge in [0.25, 0.3) is 5.91 Å². The Hall–Kier alpha value is -2.37. The average Bonchev–Trinajstić information content (AvgIpc) is 2.84. The molecule has 24 heavy (non-hydrogen) atoms. The Morgan fingerprint density at radius 3 is 2.46 bits per heavy atom. The minimum Gasteiger partial charge on any atom is -0.321 e. The zero-order valence-electron chi connectivity index (χ0n) is 12.9. The molecular weight excluding hydrogens is 349 g/mol. The highest BCUT2D eigenvalue weighted by Gasteiger charge is 2.19. The summed E-state index contributed by atoms with van der Waals surface area (Å²) in [6.07, 6.45) is 1.59. The van der Waals surface area contributed by atoms with Gasteiger partial charge in [-0.1, -0.05) is 23.2 Å². The van der Waals surface area contributed by atoms with Crippen LogP contribution in [0.15, 0.2) is 36.5 Å². The van der Waals surface area contributed by atoms with Crippen LogP contribution in [0.1, 0.15) is 33.5 Å². The predicted octanol–water partition coefficient (Wildman–Crippen LogP) is 4.40. The minimum atomic E-state index is -0.339. The van der Waals surface area contributed by atoms with Gasteiger partial charge in [-0.05, 0) is 44.2 Å². The smallest absolute Gasteiger partial charge is 0.274 e. The first-order chi connectivity index (χ1) is 11.4. The van der Waals surface area contributed by atoms with E-state index in [4.69, 9.17) is 23.2 Å². The zero-order valence-corrected chi connectivity index (χ0v) is 14.4. The molecule has 0 unspecified atom stereocenters. The van der Waals surface area contributed by atoms with Gasteiger partial charge in [0.1, 0.15) is 5.69 Å². The number of aryl methyl sites for hydroxylation is 1. The standard InChI is InChI=1S/C17H13Cl2N3O2/c1-9-15(22-8-12(18)7-14(19)16(22)20-9)17(24)21-13-5-3-11(4-6-13)10(2)23/h3-8H,1-2H3,(H,21,24). The summed E-state index contributed by atoms with van der Waals surface area (Å²) in [4.78, 5) is 28.2. The molecule has 2 heterocycles. The number of carbonyl (C=O) groups excluding carboxylic acids is 2. The van der Waals surface area contributed by atoms with Gasteiger partial charge in [0.15, 0.2) is 11.4 Å². The number of benzene rings is 1. The third-order valence-corrected chi connectivity index (χ3v) is 4.07. The number of ketones is 1. The van der Waals surface area contributed by atoms with E-state index >= 15 is 0 Å². The summed E-state index contributed by atoms with van der Waals surface area (Å²) < 4.78 is 1.57. The topological polar surface area (TPSA) is 63.5 Å². The van der Waals surface area contributed by atoms with Crippen LogP contribution in [0.25, 0.3) is 5.65 Å². The van der Waals surface area contributed by atoms with Gasteiger partial charge in [0, 0.05) is 17.4 Å². The molecule has 0 saturated carbocycles. The summed E-state index contributed by atoms with van der Waals surface area (Å²) in [5.41, 5.74) is 2.52. The molecule has 0 atom stereocenters. The highest BCUT2D eigenvalue weighted by Crippen LogP contribution is 2.25. The van der Waals surface area contributed by atoms with Crippen molar-refractivity contribution in [1.29, 1.82) is 0 Å². The first-order valence-electron chi connectivity index (χ1n) is 7.13. The zero-order chi connectivity index (χ0) is 17.4. The number of pyridine rings is 1. The third-order valence-electron chi connectivity index (χ3n) is 3.58. The lowest BCUT2D eigenvalue weighted by molar-refractivity contribution is 0.101. The molecule has 1 N–H and O–H groups in total. The summed E-state index contributed by atoms with van der Waals surface area (Å²) in [6.45, 7) is 3.22. The molecule has 0 spiro atoms. The highest BCUT2D eigenvalue weighted by atomic mass is 35.5. The Balaban J connectivity index is 1.97. The van der Waals surface area contributed by atoms with Crippen molar-refractivity contribution in [2.45, 2.75) is 13.8 Å². The maximum absolute atomic E-state index is 12.6. The summed E-state index contributed by atoms with van der Waals surface area (Å²) in [5.74, 6) is -0.372. The van der Waals surface area contributed by atoms with E-state index in [0.717, 1.165) is 0 Å². The fraction of sp³-hybridized carbons (Fsp3) is 0.118. The largest absolute Gasteiger partial charge is 0.321 e. The summed E-state index contributed by atoms with van der Waals surface area (Å²) >= 11 is 12.1. The van der Waals surface area contributed by atoms with Crippen LogP contribution < -0.4 is 5.32 Å². The Kier molecular flexibility index (Phi) is 4.30. The summed E-state index contributed by atoms with van der Waals surface area (Å²) in [5, 5.41) is 3.56. The molecular formula is C17H13Cl2N3O2. The Bertz CT molecular complexity index is 962. The predicted molar refractivity (Wildman–Crippen MR) is 94.3 cm³/mol. The number of rotatable bonds is 3. The van der Waals surface area contributed by atoms with Crippen molar-refractivity contribution in [1.82, 2.24) is 9.38 Å². The van der Waals surface area contributed by atoms with Crippen LogP contribution in [-0.2, 0) is 0 Å². The van der Waals surface area contributed by atoms with E-state index in [1.54, 1.807) is 47.9 Å². The Morgan fingerprint density at radius 1 is 1.17 bits per heavy atom. The summed E-state index contributed by atoms with van der Waals surface area (Å²) in [7, 11) is 0. The molecule has 0 fully saturated rings. The van der Waals surface area contributed by atoms with E-state index < -0.39 is 0 Å². The van der Waals surface area contributed by atoms with E-state index in [9.17, 15) is 9.59 Å². The second kappa shape index (κ2) is 6.26. The highest BCUT2D eigenvalue weighted by molar-refractivity contribution is 6.36. The molecule has 3 rings (SSSR count). The minimum absolute atomic E-state index is 0.0326. The van der Waals surface area contributed by atoms with E-state index in [-0.39, 0.29) is 11.7 Å². The van der Waals surface area contributed by atoms with Crippen LogP contribution in [0.2, 0.25) is 10.0 Å². The fourth-order valence-electron chi connectivity index (χ4n) is 2.44. The quantitative estimate of drug-likeness (QED) is 0.703. The van der Waals surface area contributed by atoms with Gasteiger partial charge in [-0.2, -0.15) is 0 Å². The van der Waals surface area contributed by atoms with Crippen LogP contribution in [0.3, 0.4) is 0 Å². The van der Waals surface area contributed by atoms with Gasteiger partial charge in [-0.25, -0.2) is 4.98 Å². The van der Waals surface area contributed by atoms with Crippen LogP contribution in [-0.4, -0.2) is 21.1 Å². The maximum Gasteiger partial charge on any atom is 0.274 e. The van der Waals surface area contributed by atoms with Crippen molar-refractivity contribution in [3.8, 4) is 0 Å². The monoisotopic (exact) mass is 361 g/mol. The second-order valence-electron chi connectivity index (χ2n) is 5.33. The number of hydrogen-bond donors (Lipinski definition) is 1. The fourth-order valence-corrected chi connectivity index (χ4v) is 2.95. The van der Waals surface area contributed by atoms with Gasteiger partial charge in [0.2, 0.25) is 0 Å². The lowest BCUT2D eigenvalue weighted by Crippen LogP contribution is -2.15. The SMILES string of the molecule is CC(=O)c1ccc(NC(=O)c2c(C)nc3c(Cl)cc(Cl)cn23)cc1. The van der Waals surface area contributed by atoms with Gasteiger partial charge in [0.05, 0.1) is 15.7 Å². The van der Waals surface area contributed by atoms with E-state index in [0.29, 0.717) is 38.3 Å². The Morgan fingerprint density at radius 2 is 1.83 bits per heavy atom. The number of nitrogens with one attached hydrogen (secondary N) is 1. The lowest BCUT2D eigenvalue weighted by Gasteiger charge is -2.07. The number of carbonyl (C=O) groups is 2. The molecule has 0 aliphatic rings. The van der Waals surface area contributed by atoms with Crippen LogP contribution in [0, 0.1) is 6.92 Å². The first kappa shape index (κ1) is 16.5. The number of amides is 1. The number of imidazole rings is 1. The molecule has 0 radical (unpaired) electrons. The normalized spacial score (nSPS) is 10.8. The van der Waals surface area contributed by atoms with E-state index in [2.05, 4.69) is 10.3 Å². The molecule has 7 heteroatoms. The molecule has 1 amide bonds. The number of anilines is 1. The number of hydrogen-bond acceptors (Lipinski definition) is 3. The van der Waals surface area contributed by atoms with Crippen LogP contribution >= 0.6 is 23.2 Å². The molecule has 5 nitrogen and oxygen atoms in total. The van der Waals surface area contributed by atoms with Crippen molar-refractivity contribution in [2.24, 2.45) is 0 Å². The van der Waals surface area contributed by atoms with Crippen molar-refractivity contribution in [2.75, 3.05) is 5.32 Å². The van der Waals surface area contributed by atoms with E-state index in [1.165, 1.54) is 6.92 Å². The number of Topliss-reactive ketones (excluding diaryl/α,β-unsaturated/α-hetero) is 1. The number of aromatic nitrogens is 2. The van der Waals surface area contributed by atoms with Gasteiger partial charge >= 0.3 is 0 Å². The average molecular weight is 362 g/mol. The van der Waals surface area contributed by atoms with Crippen molar-refractivity contribution in [3.05, 3.63) is 63.5 Å². The van der Waals surface area contributed by atoms with Crippen molar-refractivity contribution >= 4 is 46.2 Å². The molecule has 0 aliphatic heterocycles. The van der Waals surface area contributed by atoms with Crippen LogP contribution in [0.5, 0.6) is 0 Å². The van der Waals surface area contributed by atoms with Gasteiger partial charge in [-0.15, -0.1) is 0 Å². The molecule has 0 aliphatic carbocycles. The first-order valence-corrected chi connectivity index (χ1v) is 7.88. The molecule has 2 aromatic heterocycles. The molecule has 0 saturated heterocycles. The van der Waals surface area contributed by atoms with E-state index in [1.807, 2.05) is 0 Å². The summed E-state index contributed by atoms with van der Waals surface area (Å²) in [6, 6.07) is 8.24. The maximum atomic E-state index is 12.6. The number of fused-ring (bicyclic) bond motifs is 1. The molecule has 3 aromatic rings. The third kappa shape index (κ3) is 3.00.